The van der Waals surface area contributed by atoms with Crippen LogP contribution in [-0.2, 0) is 28.2 Å². The zero-order chi connectivity index (χ0) is 25.9. The highest BCUT2D eigenvalue weighted by Gasteiger charge is 2.58. The van der Waals surface area contributed by atoms with Crippen molar-refractivity contribution in [1.82, 2.24) is 0 Å². The summed E-state index contributed by atoms with van der Waals surface area (Å²) in [5, 5.41) is 2.14. The van der Waals surface area contributed by atoms with Crippen molar-refractivity contribution in [1.29, 1.82) is 0 Å². The van der Waals surface area contributed by atoms with Gasteiger partial charge in [0, 0.05) is 19.8 Å². The predicted octanol–water partition coefficient (Wildman–Crippen LogP) is 4.20. The molecule has 0 amide bonds. The van der Waals surface area contributed by atoms with E-state index in [0.29, 0.717) is 6.42 Å². The summed E-state index contributed by atoms with van der Waals surface area (Å²) in [4.78, 5) is 23.6. The molecule has 3 rings (SSSR count). The van der Waals surface area contributed by atoms with Crippen LogP contribution in [0.3, 0.4) is 0 Å². The zero-order valence-corrected chi connectivity index (χ0v) is 22.9. The Morgan fingerprint density at radius 1 is 0.914 bits per heavy atom. The van der Waals surface area contributed by atoms with Gasteiger partial charge in [-0.05, 0) is 21.8 Å². The molecular weight excluding hydrogens is 460 g/mol. The molecule has 0 spiro atoms. The van der Waals surface area contributed by atoms with Crippen LogP contribution in [-0.4, -0.2) is 44.9 Å². The third-order valence-electron chi connectivity index (χ3n) is 7.07. The van der Waals surface area contributed by atoms with Crippen LogP contribution < -0.4 is 10.4 Å². The summed E-state index contributed by atoms with van der Waals surface area (Å²) in [6, 6.07) is 20.8. The molecule has 1 fully saturated rings. The van der Waals surface area contributed by atoms with Crippen molar-refractivity contribution < 1.29 is 28.2 Å². The third kappa shape index (κ3) is 5.37. The first-order chi connectivity index (χ1) is 16.5. The lowest BCUT2D eigenvalue weighted by Gasteiger charge is -2.45. The second-order valence-electron chi connectivity index (χ2n) is 10.3. The van der Waals surface area contributed by atoms with Gasteiger partial charge in [0.05, 0.1) is 6.61 Å². The molecular formula is C28H38O6Si. The van der Waals surface area contributed by atoms with Crippen LogP contribution in [0.25, 0.3) is 0 Å². The zero-order valence-electron chi connectivity index (χ0n) is 21.9. The maximum absolute atomic E-state index is 11.9. The Bertz CT molecular complexity index is 964. The molecule has 6 nitrogen and oxygen atoms in total. The van der Waals surface area contributed by atoms with Gasteiger partial charge < -0.3 is 18.6 Å². The average molecular weight is 499 g/mol. The Hall–Kier alpha value is -2.48. The van der Waals surface area contributed by atoms with Gasteiger partial charge in [-0.25, -0.2) is 0 Å². The van der Waals surface area contributed by atoms with Gasteiger partial charge in [0.1, 0.15) is 5.60 Å². The number of ether oxygens (including phenoxy) is 3. The molecule has 0 N–H and O–H groups in total. The fraction of sp³-hybridized carbons (Fsp3) is 0.500. The first kappa shape index (κ1) is 27.1. The maximum atomic E-state index is 11.9. The van der Waals surface area contributed by atoms with E-state index in [1.165, 1.54) is 24.2 Å². The van der Waals surface area contributed by atoms with Gasteiger partial charge in [-0.3, -0.25) is 9.59 Å². The van der Waals surface area contributed by atoms with Crippen LogP contribution in [0.5, 0.6) is 0 Å². The molecule has 0 aromatic heterocycles. The summed E-state index contributed by atoms with van der Waals surface area (Å²) in [5.41, 5.74) is -0.798. The fourth-order valence-electron chi connectivity index (χ4n) is 5.21. The first-order valence-corrected chi connectivity index (χ1v) is 14.1. The summed E-state index contributed by atoms with van der Waals surface area (Å²) in [6.07, 6.45) is -1.09. The average Bonchev–Trinajstić information content (AvgIpc) is 3.05. The first-order valence-electron chi connectivity index (χ1n) is 12.2. The molecule has 0 saturated carbocycles. The van der Waals surface area contributed by atoms with Crippen LogP contribution in [0.4, 0.5) is 0 Å². The molecule has 1 aliphatic rings. The molecule has 0 radical (unpaired) electrons. The van der Waals surface area contributed by atoms with Crippen molar-refractivity contribution in [3.63, 3.8) is 0 Å². The van der Waals surface area contributed by atoms with Gasteiger partial charge in [-0.2, -0.15) is 0 Å². The molecule has 7 heteroatoms. The van der Waals surface area contributed by atoms with Gasteiger partial charge in [-0.15, -0.1) is 0 Å². The Balaban J connectivity index is 2.07. The second kappa shape index (κ2) is 10.6. The van der Waals surface area contributed by atoms with Crippen molar-refractivity contribution >= 4 is 30.6 Å². The van der Waals surface area contributed by atoms with Crippen LogP contribution in [0.1, 0.15) is 54.9 Å². The normalized spacial score (nSPS) is 24.7. The SMILES string of the molecule is CC[C@@]1(CO[Si](c2ccccc2)(c2ccccc2)C(C)(C)C)OC(OC(C)=O)[C@H](OC(C)=O)[C@@H]1C. The molecule has 1 unspecified atom stereocenters. The van der Waals surface area contributed by atoms with E-state index in [4.69, 9.17) is 18.6 Å². The second-order valence-corrected chi connectivity index (χ2v) is 14.6. The van der Waals surface area contributed by atoms with Gasteiger partial charge in [0.2, 0.25) is 6.29 Å². The Kier molecular flexibility index (Phi) is 8.24. The predicted molar refractivity (Wildman–Crippen MR) is 138 cm³/mol. The van der Waals surface area contributed by atoms with E-state index in [2.05, 4.69) is 45.0 Å². The molecule has 1 saturated heterocycles. The minimum absolute atomic E-state index is 0.197. The minimum Gasteiger partial charge on any atom is -0.455 e. The van der Waals surface area contributed by atoms with Crippen LogP contribution in [0.2, 0.25) is 5.04 Å². The van der Waals surface area contributed by atoms with Crippen LogP contribution >= 0.6 is 0 Å². The molecule has 1 aliphatic heterocycles. The van der Waals surface area contributed by atoms with Gasteiger partial charge >= 0.3 is 11.9 Å². The number of benzene rings is 2. The molecule has 0 bridgehead atoms. The van der Waals surface area contributed by atoms with E-state index >= 15 is 0 Å². The number of hydrogen-bond acceptors (Lipinski definition) is 6. The number of carbonyl (C=O) groups is 2. The maximum Gasteiger partial charge on any atom is 0.305 e. The highest BCUT2D eigenvalue weighted by Crippen LogP contribution is 2.44. The topological polar surface area (TPSA) is 71.1 Å². The molecule has 2 aromatic carbocycles. The summed E-state index contributed by atoms with van der Waals surface area (Å²) in [6.45, 7) is 13.6. The number of rotatable bonds is 8. The van der Waals surface area contributed by atoms with Gasteiger partial charge in [-0.1, -0.05) is 95.3 Å². The summed E-state index contributed by atoms with van der Waals surface area (Å²) < 4.78 is 24.6. The lowest BCUT2D eigenvalue weighted by atomic mass is 9.85. The van der Waals surface area contributed by atoms with Crippen molar-refractivity contribution in [2.45, 2.75) is 77.9 Å². The summed E-state index contributed by atoms with van der Waals surface area (Å²) >= 11 is 0. The fourth-order valence-corrected chi connectivity index (χ4v) is 9.83. The highest BCUT2D eigenvalue weighted by molar-refractivity contribution is 6.99. The standard InChI is InChI=1S/C28H38O6Si/c1-8-28(20(2)25(32-21(3)29)26(34-28)33-22(4)30)19-31-35(27(5,6)7,23-15-11-9-12-16-23)24-17-13-10-14-18-24/h9-18,20,25-26H,8,19H2,1-7H3/t20-,25+,26?,28-/m0/s1. The van der Waals surface area contributed by atoms with Crippen LogP contribution in [0, 0.1) is 5.92 Å². The van der Waals surface area contributed by atoms with Crippen molar-refractivity contribution in [3.05, 3.63) is 60.7 Å². The van der Waals surface area contributed by atoms with Gasteiger partial charge in [0.15, 0.2) is 6.10 Å². The molecule has 4 atom stereocenters. The van der Waals surface area contributed by atoms with E-state index in [9.17, 15) is 9.59 Å². The monoisotopic (exact) mass is 498 g/mol. The molecule has 1 heterocycles. The minimum atomic E-state index is -2.81. The van der Waals surface area contributed by atoms with Crippen LogP contribution in [0.15, 0.2) is 60.7 Å². The van der Waals surface area contributed by atoms with E-state index in [1.54, 1.807) is 0 Å². The number of esters is 2. The molecule has 190 valence electrons. The highest BCUT2D eigenvalue weighted by atomic mass is 28.4. The molecule has 2 aromatic rings. The lowest BCUT2D eigenvalue weighted by molar-refractivity contribution is -0.208. The van der Waals surface area contributed by atoms with Crippen molar-refractivity contribution in [3.8, 4) is 0 Å². The number of carbonyl (C=O) groups excluding carboxylic acids is 2. The van der Waals surface area contributed by atoms with E-state index < -0.39 is 38.3 Å². The van der Waals surface area contributed by atoms with Crippen molar-refractivity contribution in [2.24, 2.45) is 5.92 Å². The molecule has 35 heavy (non-hydrogen) atoms. The third-order valence-corrected chi connectivity index (χ3v) is 12.1. The van der Waals surface area contributed by atoms with E-state index in [-0.39, 0.29) is 17.6 Å². The van der Waals surface area contributed by atoms with Gasteiger partial charge in [0.25, 0.3) is 8.32 Å². The smallest absolute Gasteiger partial charge is 0.305 e. The summed E-state index contributed by atoms with van der Waals surface area (Å²) in [5.74, 6) is -1.18. The molecule has 0 aliphatic carbocycles. The van der Waals surface area contributed by atoms with E-state index in [1.807, 2.05) is 50.2 Å². The van der Waals surface area contributed by atoms with E-state index in [0.717, 1.165) is 0 Å². The Labute approximate surface area is 210 Å². The quantitative estimate of drug-likeness (QED) is 0.401. The number of hydrogen-bond donors (Lipinski definition) is 0. The largest absolute Gasteiger partial charge is 0.455 e. The van der Waals surface area contributed by atoms with Crippen molar-refractivity contribution in [2.75, 3.05) is 6.61 Å². The Morgan fingerprint density at radius 2 is 1.40 bits per heavy atom. The lowest BCUT2D eigenvalue weighted by Crippen LogP contribution is -2.67. The Morgan fingerprint density at radius 3 is 1.80 bits per heavy atom. The summed E-state index contributed by atoms with van der Waals surface area (Å²) in [7, 11) is -2.81.